The number of halogens is 2. The fourth-order valence-electron chi connectivity index (χ4n) is 4.93. The van der Waals surface area contributed by atoms with Gasteiger partial charge in [-0.05, 0) is 54.7 Å². The Morgan fingerprint density at radius 2 is 1.82 bits per heavy atom. The third-order valence-corrected chi connectivity index (χ3v) is 7.38. The molecule has 1 aromatic heterocycles. The number of amides is 2. The summed E-state index contributed by atoms with van der Waals surface area (Å²) in [7, 11) is 1.63. The van der Waals surface area contributed by atoms with E-state index in [0.717, 1.165) is 24.5 Å². The van der Waals surface area contributed by atoms with Crippen molar-refractivity contribution in [1.29, 1.82) is 0 Å². The molecular weight excluding hydrogens is 533 g/mol. The Labute approximate surface area is 238 Å². The zero-order chi connectivity index (χ0) is 29.0. The molecule has 1 saturated carbocycles. The molecule has 1 aliphatic heterocycles. The van der Waals surface area contributed by atoms with Crippen molar-refractivity contribution in [1.82, 2.24) is 14.8 Å². The van der Waals surface area contributed by atoms with Crippen molar-refractivity contribution in [2.75, 3.05) is 38.1 Å². The van der Waals surface area contributed by atoms with Crippen LogP contribution in [0.4, 0.5) is 15.8 Å². The highest BCUT2D eigenvalue weighted by molar-refractivity contribution is 6.33. The first-order valence-corrected chi connectivity index (χ1v) is 13.2. The number of anilines is 2. The van der Waals surface area contributed by atoms with Crippen LogP contribution in [0.5, 0.6) is 0 Å². The second-order valence-electron chi connectivity index (χ2n) is 9.47. The number of hydrogen-bond donors (Lipinski definition) is 1. The van der Waals surface area contributed by atoms with Gasteiger partial charge in [0.25, 0.3) is 0 Å². The van der Waals surface area contributed by atoms with Gasteiger partial charge in [-0.1, -0.05) is 31.3 Å². The number of benzene rings is 1. The van der Waals surface area contributed by atoms with Crippen molar-refractivity contribution in [3.05, 3.63) is 95.8 Å². The SMILES string of the molecule is C=CC(=O)N1CCN(C(=NC)c2cc(Cl)c(/C(C(=C)F)=C(\O)C=C)cc2N(C=O)c2ccncc2C2CC2)CC1. The van der Waals surface area contributed by atoms with Crippen molar-refractivity contribution < 1.29 is 19.1 Å². The standard InChI is InChI=1S/C30H31ClFN5O3/c1-5-27(39)29(19(3)32)21-16-26(37(18-38)25-9-10-34-17-23(25)20-7-8-20)22(15-24(21)31)30(33-4)36-13-11-35(12-14-36)28(40)6-2/h5-6,9-10,15-18,20,39H,1-3,7-8,11-14H2,4H3/b29-27-,33-30?. The number of aromatic nitrogens is 1. The number of piperazine rings is 1. The maximum atomic E-state index is 14.7. The maximum absolute atomic E-state index is 14.7. The predicted octanol–water partition coefficient (Wildman–Crippen LogP) is 5.55. The van der Waals surface area contributed by atoms with Gasteiger partial charge in [0.1, 0.15) is 17.4 Å². The monoisotopic (exact) mass is 563 g/mol. The number of amidine groups is 1. The Hall–Kier alpha value is -4.24. The molecule has 2 aliphatic rings. The van der Waals surface area contributed by atoms with Gasteiger partial charge in [0, 0.05) is 61.8 Å². The van der Waals surface area contributed by atoms with E-state index in [1.165, 1.54) is 11.0 Å². The van der Waals surface area contributed by atoms with Crippen molar-refractivity contribution in [2.45, 2.75) is 18.8 Å². The summed E-state index contributed by atoms with van der Waals surface area (Å²) in [5.41, 5.74) is 2.36. The van der Waals surface area contributed by atoms with Crippen LogP contribution in [0.25, 0.3) is 5.57 Å². The first-order valence-electron chi connectivity index (χ1n) is 12.8. The number of carbonyl (C=O) groups is 2. The van der Waals surface area contributed by atoms with E-state index in [2.05, 4.69) is 29.7 Å². The largest absolute Gasteiger partial charge is 0.507 e. The highest BCUT2D eigenvalue weighted by Gasteiger charge is 2.31. The summed E-state index contributed by atoms with van der Waals surface area (Å²) in [5.74, 6) is -0.679. The number of aliphatic hydroxyl groups is 1. The Balaban J connectivity index is 1.90. The van der Waals surface area contributed by atoms with E-state index < -0.39 is 11.6 Å². The lowest BCUT2D eigenvalue weighted by molar-refractivity contribution is -0.127. The van der Waals surface area contributed by atoms with E-state index in [4.69, 9.17) is 11.6 Å². The highest BCUT2D eigenvalue weighted by Crippen LogP contribution is 2.46. The minimum Gasteiger partial charge on any atom is -0.507 e. The van der Waals surface area contributed by atoms with Crippen LogP contribution in [-0.2, 0) is 9.59 Å². The number of rotatable bonds is 9. The Morgan fingerprint density at radius 3 is 2.38 bits per heavy atom. The average molecular weight is 564 g/mol. The van der Waals surface area contributed by atoms with Crippen LogP contribution in [0.15, 0.2) is 79.1 Å². The highest BCUT2D eigenvalue weighted by atomic mass is 35.5. The summed E-state index contributed by atoms with van der Waals surface area (Å²) < 4.78 is 14.7. The van der Waals surface area contributed by atoms with E-state index in [1.54, 1.807) is 42.5 Å². The molecule has 208 valence electrons. The van der Waals surface area contributed by atoms with Gasteiger partial charge < -0.3 is 14.9 Å². The normalized spacial score (nSPS) is 16.2. The van der Waals surface area contributed by atoms with Crippen LogP contribution in [0.3, 0.4) is 0 Å². The Bertz CT molecular complexity index is 1420. The molecule has 0 atom stereocenters. The molecule has 8 nitrogen and oxygen atoms in total. The molecule has 1 saturated heterocycles. The third-order valence-electron chi connectivity index (χ3n) is 7.06. The van der Waals surface area contributed by atoms with Gasteiger partial charge in [0.15, 0.2) is 0 Å². The van der Waals surface area contributed by atoms with Gasteiger partial charge in [0.2, 0.25) is 12.3 Å². The Morgan fingerprint density at radius 1 is 1.15 bits per heavy atom. The minimum absolute atomic E-state index is 0.116. The van der Waals surface area contributed by atoms with Gasteiger partial charge in [-0.15, -0.1) is 0 Å². The molecule has 1 aromatic carbocycles. The summed E-state index contributed by atoms with van der Waals surface area (Å²) in [5, 5.41) is 10.6. The number of nitrogens with zero attached hydrogens (tertiary/aromatic N) is 5. The molecule has 40 heavy (non-hydrogen) atoms. The van der Waals surface area contributed by atoms with Gasteiger partial charge in [0.05, 0.1) is 16.9 Å². The molecule has 1 N–H and O–H groups in total. The van der Waals surface area contributed by atoms with Crippen LogP contribution in [0.1, 0.15) is 35.4 Å². The van der Waals surface area contributed by atoms with E-state index in [9.17, 15) is 19.1 Å². The number of carbonyl (C=O) groups excluding carboxylic acids is 2. The van der Waals surface area contributed by atoms with E-state index in [-0.39, 0.29) is 28.0 Å². The molecular formula is C30H31ClFN5O3. The lowest BCUT2D eigenvalue weighted by Gasteiger charge is -2.37. The quantitative estimate of drug-likeness (QED) is 0.108. The molecule has 1 aliphatic carbocycles. The first-order chi connectivity index (χ1) is 19.2. The number of pyridine rings is 1. The van der Waals surface area contributed by atoms with Gasteiger partial charge in [-0.2, -0.15) is 0 Å². The van der Waals surface area contributed by atoms with Crippen LogP contribution in [0.2, 0.25) is 5.02 Å². The van der Waals surface area contributed by atoms with Crippen molar-refractivity contribution in [3.63, 3.8) is 0 Å². The number of aliphatic imine (C=N–C) groups is 1. The zero-order valence-corrected chi connectivity index (χ0v) is 23.1. The molecule has 0 unspecified atom stereocenters. The summed E-state index contributed by atoms with van der Waals surface area (Å²) in [6.45, 7) is 12.3. The molecule has 0 spiro atoms. The minimum atomic E-state index is -0.911. The van der Waals surface area contributed by atoms with Crippen LogP contribution >= 0.6 is 11.6 Å². The third kappa shape index (κ3) is 5.70. The molecule has 4 rings (SSSR count). The summed E-state index contributed by atoms with van der Waals surface area (Å²) >= 11 is 6.71. The number of allylic oxidation sites excluding steroid dienone is 3. The fourth-order valence-corrected chi connectivity index (χ4v) is 5.19. The van der Waals surface area contributed by atoms with Crippen molar-refractivity contribution in [2.24, 2.45) is 4.99 Å². The summed E-state index contributed by atoms with van der Waals surface area (Å²) in [4.78, 5) is 38.9. The zero-order valence-electron chi connectivity index (χ0n) is 22.3. The molecule has 2 heterocycles. The van der Waals surface area contributed by atoms with Crippen LogP contribution in [0, 0.1) is 0 Å². The van der Waals surface area contributed by atoms with Crippen LogP contribution < -0.4 is 4.90 Å². The molecule has 2 fully saturated rings. The lowest BCUT2D eigenvalue weighted by atomic mass is 9.98. The number of aliphatic hydroxyl groups excluding tert-OH is 1. The fraction of sp³-hybridized carbons (Fsp3) is 0.267. The van der Waals surface area contributed by atoms with E-state index >= 15 is 0 Å². The second-order valence-corrected chi connectivity index (χ2v) is 9.87. The molecule has 0 radical (unpaired) electrons. The molecule has 10 heteroatoms. The second kappa shape index (κ2) is 12.3. The van der Waals surface area contributed by atoms with Crippen LogP contribution in [-0.4, -0.2) is 71.3 Å². The number of hydrogen-bond acceptors (Lipinski definition) is 5. The predicted molar refractivity (Wildman–Crippen MR) is 157 cm³/mol. The van der Waals surface area contributed by atoms with E-state index in [1.807, 2.05) is 4.90 Å². The maximum Gasteiger partial charge on any atom is 0.246 e. The molecule has 0 bridgehead atoms. The average Bonchev–Trinajstić information content (AvgIpc) is 3.81. The van der Waals surface area contributed by atoms with Gasteiger partial charge in [-0.3, -0.25) is 24.5 Å². The smallest absolute Gasteiger partial charge is 0.246 e. The molecule has 2 aromatic rings. The van der Waals surface area contributed by atoms with E-state index in [0.29, 0.717) is 55.4 Å². The van der Waals surface area contributed by atoms with Gasteiger partial charge in [-0.25, -0.2) is 4.39 Å². The van der Waals surface area contributed by atoms with Gasteiger partial charge >= 0.3 is 0 Å². The summed E-state index contributed by atoms with van der Waals surface area (Å²) in [6, 6.07) is 4.91. The van der Waals surface area contributed by atoms with Crippen molar-refractivity contribution in [3.8, 4) is 0 Å². The first kappa shape index (κ1) is 28.8. The molecule has 2 amide bonds. The van der Waals surface area contributed by atoms with Crippen molar-refractivity contribution >= 4 is 46.7 Å². The summed E-state index contributed by atoms with van der Waals surface area (Å²) in [6.07, 6.45) is 8.41. The lowest BCUT2D eigenvalue weighted by Crippen LogP contribution is -2.50. The Kier molecular flexibility index (Phi) is 8.84. The topological polar surface area (TPSA) is 89.3 Å².